The molecule has 1 aromatic carbocycles. The fraction of sp³-hybridized carbons (Fsp3) is 0.214. The van der Waals surface area contributed by atoms with Crippen molar-refractivity contribution in [1.82, 2.24) is 4.98 Å². The summed E-state index contributed by atoms with van der Waals surface area (Å²) < 4.78 is 0.658. The van der Waals surface area contributed by atoms with Crippen LogP contribution in [0, 0.1) is 5.21 Å². The van der Waals surface area contributed by atoms with Crippen molar-refractivity contribution in [2.75, 3.05) is 6.54 Å². The lowest BCUT2D eigenvalue weighted by Crippen LogP contribution is -2.37. The predicted molar refractivity (Wildman–Crippen MR) is 74.5 cm³/mol. The Morgan fingerprint density at radius 1 is 1.30 bits per heavy atom. The van der Waals surface area contributed by atoms with Gasteiger partial charge in [-0.15, -0.1) is 0 Å². The molecular weight excluding hydrogens is 256 g/mol. The highest BCUT2D eigenvalue weighted by molar-refractivity contribution is 5.92. The van der Waals surface area contributed by atoms with E-state index in [0.717, 1.165) is 5.56 Å². The summed E-state index contributed by atoms with van der Waals surface area (Å²) in [5, 5.41) is 12.1. The molecule has 0 bridgehead atoms. The first-order valence-corrected chi connectivity index (χ1v) is 6.32. The fourth-order valence-electron chi connectivity index (χ4n) is 1.95. The molecule has 0 spiro atoms. The van der Waals surface area contributed by atoms with Gasteiger partial charge in [-0.3, -0.25) is 4.79 Å². The maximum Gasteiger partial charge on any atom is 0.273 e. The van der Waals surface area contributed by atoms with Crippen molar-refractivity contribution in [3.63, 3.8) is 0 Å². The zero-order valence-corrected chi connectivity index (χ0v) is 11.0. The number of carbonyl (C=O) groups excluding carboxylic acids is 1. The molecule has 0 unspecified atom stereocenters. The summed E-state index contributed by atoms with van der Waals surface area (Å²) in [4.78, 5) is 15.7. The van der Waals surface area contributed by atoms with E-state index in [1.165, 1.54) is 6.20 Å². The molecule has 2 aromatic rings. The molecule has 0 saturated heterocycles. The van der Waals surface area contributed by atoms with Crippen molar-refractivity contribution in [2.45, 2.75) is 12.8 Å². The second kappa shape index (κ2) is 6.12. The van der Waals surface area contributed by atoms with E-state index in [0.29, 0.717) is 29.8 Å². The van der Waals surface area contributed by atoms with Crippen LogP contribution in [0.2, 0.25) is 0 Å². The number of amides is 1. The lowest BCUT2D eigenvalue weighted by Gasteiger charge is -2.09. The van der Waals surface area contributed by atoms with E-state index < -0.39 is 5.91 Å². The molecule has 104 valence electrons. The maximum absolute atomic E-state index is 12.1. The lowest BCUT2D eigenvalue weighted by molar-refractivity contribution is -0.614. The van der Waals surface area contributed by atoms with E-state index >= 15 is 0 Å². The van der Waals surface area contributed by atoms with Gasteiger partial charge in [0.2, 0.25) is 11.9 Å². The molecule has 6 nitrogen and oxygen atoms in total. The van der Waals surface area contributed by atoms with Crippen molar-refractivity contribution >= 4 is 5.91 Å². The Bertz CT molecular complexity index is 614. The molecule has 0 radical (unpaired) electrons. The summed E-state index contributed by atoms with van der Waals surface area (Å²) in [5.41, 5.74) is 12.2. The normalized spacial score (nSPS) is 10.4. The van der Waals surface area contributed by atoms with Crippen LogP contribution in [0.15, 0.2) is 36.5 Å². The van der Waals surface area contributed by atoms with Gasteiger partial charge in [0, 0.05) is 12.0 Å². The number of rotatable bonds is 5. The number of carbonyl (C=O) groups is 1. The zero-order chi connectivity index (χ0) is 14.5. The van der Waals surface area contributed by atoms with Gasteiger partial charge < -0.3 is 16.7 Å². The molecule has 0 saturated carbocycles. The van der Waals surface area contributed by atoms with Gasteiger partial charge in [-0.05, 0) is 13.0 Å². The maximum atomic E-state index is 12.1. The van der Waals surface area contributed by atoms with Gasteiger partial charge in [-0.2, -0.15) is 4.73 Å². The van der Waals surface area contributed by atoms with E-state index in [9.17, 15) is 10.0 Å². The molecule has 20 heavy (non-hydrogen) atoms. The van der Waals surface area contributed by atoms with Gasteiger partial charge >= 0.3 is 0 Å². The van der Waals surface area contributed by atoms with Crippen LogP contribution in [0.5, 0.6) is 0 Å². The topological polar surface area (TPSA) is 109 Å². The molecule has 4 N–H and O–H groups in total. The lowest BCUT2D eigenvalue weighted by atomic mass is 10.1. The standard InChI is InChI=1S/C14H16N4O2/c15-8-4-7-12-13(14(16)19)17-11(9-18(12)20)10-5-2-1-3-6-10/h1-3,5-6,9H,4,7-8,15H2,(H2,16,19). The highest BCUT2D eigenvalue weighted by atomic mass is 16.5. The first-order valence-electron chi connectivity index (χ1n) is 6.32. The molecule has 0 fully saturated rings. The number of primary amides is 1. The van der Waals surface area contributed by atoms with Crippen molar-refractivity contribution in [3.8, 4) is 11.3 Å². The van der Waals surface area contributed by atoms with Crippen LogP contribution in [0.3, 0.4) is 0 Å². The van der Waals surface area contributed by atoms with Crippen LogP contribution in [0.1, 0.15) is 22.6 Å². The average molecular weight is 272 g/mol. The van der Waals surface area contributed by atoms with Crippen LogP contribution >= 0.6 is 0 Å². The highest BCUT2D eigenvalue weighted by Gasteiger charge is 2.21. The SMILES string of the molecule is NCCCc1c(C(N)=O)nc(-c2ccccc2)c[n+]1[O-]. The van der Waals surface area contributed by atoms with Gasteiger partial charge in [-0.25, -0.2) is 4.98 Å². The number of hydrogen-bond acceptors (Lipinski definition) is 4. The molecule has 0 aliphatic carbocycles. The van der Waals surface area contributed by atoms with Gasteiger partial charge in [0.25, 0.3) is 5.91 Å². The van der Waals surface area contributed by atoms with Gasteiger partial charge in [0.15, 0.2) is 5.69 Å². The minimum atomic E-state index is -0.709. The third kappa shape index (κ3) is 2.92. The van der Waals surface area contributed by atoms with E-state index in [1.807, 2.05) is 30.3 Å². The third-order valence-electron chi connectivity index (χ3n) is 2.93. The van der Waals surface area contributed by atoms with Crippen LogP contribution in [0.4, 0.5) is 0 Å². The number of nitrogens with two attached hydrogens (primary N) is 2. The Labute approximate surface area is 116 Å². The Morgan fingerprint density at radius 3 is 2.60 bits per heavy atom. The molecule has 1 aromatic heterocycles. The van der Waals surface area contributed by atoms with Crippen molar-refractivity contribution < 1.29 is 9.52 Å². The Kier molecular flexibility index (Phi) is 4.27. The van der Waals surface area contributed by atoms with Gasteiger partial charge in [-0.1, -0.05) is 30.3 Å². The predicted octanol–water partition coefficient (Wildman–Crippen LogP) is 0.372. The Hall–Kier alpha value is -2.47. The van der Waals surface area contributed by atoms with Crippen LogP contribution < -0.4 is 16.2 Å². The molecule has 2 rings (SSSR count). The summed E-state index contributed by atoms with van der Waals surface area (Å²) in [6.07, 6.45) is 2.32. The number of hydrogen-bond donors (Lipinski definition) is 2. The minimum absolute atomic E-state index is 0.00908. The summed E-state index contributed by atoms with van der Waals surface area (Å²) in [7, 11) is 0. The quantitative estimate of drug-likeness (QED) is 0.605. The fourth-order valence-corrected chi connectivity index (χ4v) is 1.95. The average Bonchev–Trinajstić information content (AvgIpc) is 2.46. The Morgan fingerprint density at radius 2 is 2.00 bits per heavy atom. The highest BCUT2D eigenvalue weighted by Crippen LogP contribution is 2.16. The van der Waals surface area contributed by atoms with Crippen LogP contribution in [-0.4, -0.2) is 17.4 Å². The van der Waals surface area contributed by atoms with Gasteiger partial charge in [0.05, 0.1) is 0 Å². The van der Waals surface area contributed by atoms with Crippen LogP contribution in [0.25, 0.3) is 11.3 Å². The van der Waals surface area contributed by atoms with Crippen LogP contribution in [-0.2, 0) is 6.42 Å². The zero-order valence-electron chi connectivity index (χ0n) is 11.0. The number of benzene rings is 1. The summed E-state index contributed by atoms with van der Waals surface area (Å²) in [6, 6.07) is 9.15. The number of aromatic nitrogens is 2. The Balaban J connectivity index is 2.50. The minimum Gasteiger partial charge on any atom is -0.618 e. The smallest absolute Gasteiger partial charge is 0.273 e. The third-order valence-corrected chi connectivity index (χ3v) is 2.93. The monoisotopic (exact) mass is 272 g/mol. The van der Waals surface area contributed by atoms with E-state index in [4.69, 9.17) is 11.5 Å². The van der Waals surface area contributed by atoms with Crippen molar-refractivity contribution in [3.05, 3.63) is 53.1 Å². The van der Waals surface area contributed by atoms with Crippen molar-refractivity contribution in [2.24, 2.45) is 11.5 Å². The molecule has 0 atom stereocenters. The number of nitrogens with zero attached hydrogens (tertiary/aromatic N) is 2. The molecule has 6 heteroatoms. The summed E-state index contributed by atoms with van der Waals surface area (Å²) >= 11 is 0. The molecule has 0 aliphatic heterocycles. The van der Waals surface area contributed by atoms with Gasteiger partial charge in [0.1, 0.15) is 5.69 Å². The first kappa shape index (κ1) is 14.0. The molecular formula is C14H16N4O2. The second-order valence-corrected chi connectivity index (χ2v) is 4.37. The summed E-state index contributed by atoms with van der Waals surface area (Å²) in [6.45, 7) is 0.429. The first-order chi connectivity index (χ1) is 9.63. The summed E-state index contributed by atoms with van der Waals surface area (Å²) in [5.74, 6) is -0.709. The molecule has 1 amide bonds. The largest absolute Gasteiger partial charge is 0.618 e. The van der Waals surface area contributed by atoms with E-state index in [-0.39, 0.29) is 11.4 Å². The molecule has 1 heterocycles. The van der Waals surface area contributed by atoms with E-state index in [1.54, 1.807) is 0 Å². The van der Waals surface area contributed by atoms with Crippen molar-refractivity contribution in [1.29, 1.82) is 0 Å². The molecule has 0 aliphatic rings. The van der Waals surface area contributed by atoms with E-state index in [2.05, 4.69) is 4.98 Å². The second-order valence-electron chi connectivity index (χ2n) is 4.37.